The summed E-state index contributed by atoms with van der Waals surface area (Å²) in [5.74, 6) is -0.508. The van der Waals surface area contributed by atoms with E-state index in [0.29, 0.717) is 11.5 Å². The second kappa shape index (κ2) is 11.1. The Bertz CT molecular complexity index is 1990. The van der Waals surface area contributed by atoms with Gasteiger partial charge in [-0.1, -0.05) is 108 Å². The molecule has 234 valence electrons. The van der Waals surface area contributed by atoms with Crippen molar-refractivity contribution < 1.29 is 9.59 Å². The molecule has 1 saturated carbocycles. The fraction of sp³-hybridized carbons (Fsp3) is 0.275. The molecule has 6 nitrogen and oxygen atoms in total. The number of fused-ring (bicyclic) bond motifs is 6. The molecule has 3 fully saturated rings. The first-order valence-electron chi connectivity index (χ1n) is 16.8. The molecule has 2 unspecified atom stereocenters. The van der Waals surface area contributed by atoms with Crippen molar-refractivity contribution in [3.05, 3.63) is 137 Å². The third-order valence-electron chi connectivity index (χ3n) is 11.3. The van der Waals surface area contributed by atoms with Crippen molar-refractivity contribution in [1.29, 1.82) is 0 Å². The quantitative estimate of drug-likeness (QED) is 0.189. The third kappa shape index (κ3) is 4.29. The lowest BCUT2D eigenvalue weighted by Crippen LogP contribution is -2.56. The van der Waals surface area contributed by atoms with Crippen molar-refractivity contribution in [1.82, 2.24) is 14.7 Å². The molecular weight excluding hydrogens is 648 g/mol. The largest absolute Gasteiger partial charge is 0.324 e. The van der Waals surface area contributed by atoms with E-state index in [1.165, 1.54) is 6.42 Å². The maximum absolute atomic E-state index is 15.3. The monoisotopic (exact) mass is 682 g/mol. The fourth-order valence-corrected chi connectivity index (χ4v) is 9.78. The van der Waals surface area contributed by atoms with E-state index in [0.717, 1.165) is 63.9 Å². The second-order valence-electron chi connectivity index (χ2n) is 13.5. The van der Waals surface area contributed by atoms with Gasteiger partial charge in [-0.2, -0.15) is 5.10 Å². The standard InChI is InChI=1S/C40H35BrN4O2/c41-28-21-19-26(20-22-28)38(46)36-35(30-24-44(29-14-5-2-6-15-29)43-37(30)25-11-3-1-4-12-25)34-23-27-13-7-10-18-33(27)45(34)40(36)31-16-8-9-17-32(31)42-39(40)47/h1-6,8-9,11-12,14-17,19-22,24,27,33-36H,7,10,13,18,23H2,(H,42,47)/t27?,33?,34-,35+,36+,40-/m0/s1. The van der Waals surface area contributed by atoms with Gasteiger partial charge in [-0.3, -0.25) is 14.5 Å². The molecule has 2 saturated heterocycles. The van der Waals surface area contributed by atoms with Crippen LogP contribution in [0.15, 0.2) is 120 Å². The van der Waals surface area contributed by atoms with Gasteiger partial charge in [0.15, 0.2) is 5.78 Å². The summed E-state index contributed by atoms with van der Waals surface area (Å²) >= 11 is 3.56. The van der Waals surface area contributed by atoms with Gasteiger partial charge in [-0.25, -0.2) is 4.68 Å². The van der Waals surface area contributed by atoms with Gasteiger partial charge < -0.3 is 5.32 Å². The second-order valence-corrected chi connectivity index (χ2v) is 14.5. The van der Waals surface area contributed by atoms with Gasteiger partial charge in [0.2, 0.25) is 5.91 Å². The number of amides is 1. The highest BCUT2D eigenvalue weighted by atomic mass is 79.9. The summed E-state index contributed by atoms with van der Waals surface area (Å²) in [5.41, 5.74) is 5.09. The highest BCUT2D eigenvalue weighted by Gasteiger charge is 2.72. The van der Waals surface area contributed by atoms with Crippen molar-refractivity contribution in [3.63, 3.8) is 0 Å². The number of rotatable bonds is 5. The zero-order valence-corrected chi connectivity index (χ0v) is 27.5. The molecular formula is C40H35BrN4O2. The SMILES string of the molecule is O=C(c1ccc(Br)cc1)[C@H]1[C@H](c2cn(-c3ccccc3)nc2-c2ccccc2)[C@@H]2CC3CCCCC3N2[C@]12C(=O)Nc1ccccc12. The fourth-order valence-electron chi connectivity index (χ4n) is 9.51. The Labute approximate surface area is 282 Å². The summed E-state index contributed by atoms with van der Waals surface area (Å²) < 4.78 is 2.87. The lowest BCUT2D eigenvalue weighted by Gasteiger charge is -2.43. The Kier molecular flexibility index (Phi) is 6.84. The van der Waals surface area contributed by atoms with E-state index in [2.05, 4.69) is 62.7 Å². The van der Waals surface area contributed by atoms with Crippen molar-refractivity contribution in [2.75, 3.05) is 5.32 Å². The molecule has 1 aliphatic carbocycles. The molecule has 1 amide bonds. The molecule has 5 aromatic rings. The third-order valence-corrected chi connectivity index (χ3v) is 11.8. The van der Waals surface area contributed by atoms with Gasteiger partial charge in [0.1, 0.15) is 5.54 Å². The Morgan fingerprint density at radius 2 is 1.53 bits per heavy atom. The predicted molar refractivity (Wildman–Crippen MR) is 186 cm³/mol. The first-order valence-corrected chi connectivity index (χ1v) is 17.5. The zero-order chi connectivity index (χ0) is 31.7. The summed E-state index contributed by atoms with van der Waals surface area (Å²) in [6.07, 6.45) is 7.65. The number of benzene rings is 4. The topological polar surface area (TPSA) is 67.2 Å². The Hall–Kier alpha value is -4.33. The Balaban J connectivity index is 1.34. The van der Waals surface area contributed by atoms with Gasteiger partial charge in [-0.05, 0) is 55.5 Å². The minimum Gasteiger partial charge on any atom is -0.324 e. The summed E-state index contributed by atoms with van der Waals surface area (Å²) in [4.78, 5) is 32.8. The number of hydrogen-bond acceptors (Lipinski definition) is 4. The molecule has 3 aliphatic heterocycles. The van der Waals surface area contributed by atoms with Crippen LogP contribution in [0.25, 0.3) is 16.9 Å². The molecule has 1 spiro atoms. The number of nitrogens with one attached hydrogen (secondary N) is 1. The zero-order valence-electron chi connectivity index (χ0n) is 25.9. The molecule has 1 aromatic heterocycles. The highest BCUT2D eigenvalue weighted by Crippen LogP contribution is 2.65. The number of nitrogens with zero attached hydrogens (tertiary/aromatic N) is 3. The van der Waals surface area contributed by atoms with E-state index >= 15 is 4.79 Å². The summed E-state index contributed by atoms with van der Waals surface area (Å²) in [6, 6.07) is 36.4. The molecule has 7 heteroatoms. The minimum atomic E-state index is -1.13. The van der Waals surface area contributed by atoms with Crippen molar-refractivity contribution >= 4 is 33.3 Å². The number of para-hydroxylation sites is 2. The van der Waals surface area contributed by atoms with Crippen LogP contribution in [0, 0.1) is 11.8 Å². The lowest BCUT2D eigenvalue weighted by molar-refractivity contribution is -0.129. The van der Waals surface area contributed by atoms with Gasteiger partial charge in [0, 0.05) is 56.6 Å². The number of aromatic nitrogens is 2. The molecule has 4 aliphatic rings. The minimum absolute atomic E-state index is 0.000269. The number of carbonyl (C=O) groups is 2. The molecule has 0 bridgehead atoms. The summed E-state index contributed by atoms with van der Waals surface area (Å²) in [7, 11) is 0. The van der Waals surface area contributed by atoms with E-state index in [1.54, 1.807) is 0 Å². The lowest BCUT2D eigenvalue weighted by atomic mass is 9.67. The van der Waals surface area contributed by atoms with Crippen LogP contribution in [0.3, 0.4) is 0 Å². The number of hydrogen-bond donors (Lipinski definition) is 1. The van der Waals surface area contributed by atoms with Gasteiger partial charge in [0.05, 0.1) is 17.3 Å². The molecule has 6 atom stereocenters. The Morgan fingerprint density at radius 1 is 0.830 bits per heavy atom. The highest BCUT2D eigenvalue weighted by molar-refractivity contribution is 9.10. The average Bonchev–Trinajstić information content (AvgIpc) is 3.86. The molecule has 1 N–H and O–H groups in total. The number of carbonyl (C=O) groups excluding carboxylic acids is 2. The number of Topliss-reactive ketones (excluding diaryl/α,β-unsaturated/α-hetero) is 1. The van der Waals surface area contributed by atoms with Gasteiger partial charge in [0.25, 0.3) is 0 Å². The van der Waals surface area contributed by atoms with Crippen LogP contribution in [-0.4, -0.2) is 38.5 Å². The molecule has 0 radical (unpaired) electrons. The smallest absolute Gasteiger partial charge is 0.250 e. The summed E-state index contributed by atoms with van der Waals surface area (Å²) in [6.45, 7) is 0. The van der Waals surface area contributed by atoms with Gasteiger partial charge in [-0.15, -0.1) is 0 Å². The molecule has 9 rings (SSSR count). The first-order chi connectivity index (χ1) is 23.1. The molecule has 47 heavy (non-hydrogen) atoms. The van der Waals surface area contributed by atoms with E-state index in [9.17, 15) is 4.79 Å². The number of halogens is 1. The van der Waals surface area contributed by atoms with Gasteiger partial charge >= 0.3 is 0 Å². The van der Waals surface area contributed by atoms with E-state index in [-0.39, 0.29) is 29.7 Å². The van der Waals surface area contributed by atoms with Crippen LogP contribution < -0.4 is 5.32 Å². The number of anilines is 1. The van der Waals surface area contributed by atoms with Crippen LogP contribution in [0.2, 0.25) is 0 Å². The van der Waals surface area contributed by atoms with E-state index < -0.39 is 11.5 Å². The normalized spacial score (nSPS) is 27.8. The van der Waals surface area contributed by atoms with Crippen molar-refractivity contribution in [2.24, 2.45) is 11.8 Å². The van der Waals surface area contributed by atoms with Crippen LogP contribution >= 0.6 is 15.9 Å². The van der Waals surface area contributed by atoms with Crippen LogP contribution in [0.1, 0.15) is 59.5 Å². The number of ketones is 1. The molecule has 4 heterocycles. The predicted octanol–water partition coefficient (Wildman–Crippen LogP) is 8.38. The van der Waals surface area contributed by atoms with Crippen LogP contribution in [-0.2, 0) is 10.3 Å². The van der Waals surface area contributed by atoms with Crippen LogP contribution in [0.4, 0.5) is 5.69 Å². The van der Waals surface area contributed by atoms with E-state index in [1.807, 2.05) is 83.5 Å². The summed E-state index contributed by atoms with van der Waals surface area (Å²) in [5, 5.41) is 8.51. The first kappa shape index (κ1) is 28.9. The van der Waals surface area contributed by atoms with Crippen molar-refractivity contribution in [3.8, 4) is 16.9 Å². The maximum atomic E-state index is 15.3. The maximum Gasteiger partial charge on any atom is 0.250 e. The molecule has 4 aromatic carbocycles. The van der Waals surface area contributed by atoms with E-state index in [4.69, 9.17) is 5.10 Å². The average molecular weight is 684 g/mol. The Morgan fingerprint density at radius 3 is 2.32 bits per heavy atom. The van der Waals surface area contributed by atoms with Crippen LogP contribution in [0.5, 0.6) is 0 Å². The van der Waals surface area contributed by atoms with Crippen molar-refractivity contribution in [2.45, 2.75) is 55.6 Å².